The highest BCUT2D eigenvalue weighted by molar-refractivity contribution is 6.37. The fraction of sp³-hybridized carbons (Fsp3) is 0.235. The predicted molar refractivity (Wildman–Crippen MR) is 89.3 cm³/mol. The van der Waals surface area contributed by atoms with E-state index in [1.165, 1.54) is 26.4 Å². The Morgan fingerprint density at radius 3 is 2.48 bits per heavy atom. The van der Waals surface area contributed by atoms with Gasteiger partial charge in [-0.2, -0.15) is 0 Å². The van der Waals surface area contributed by atoms with Crippen LogP contribution in [0.5, 0.6) is 17.2 Å². The van der Waals surface area contributed by atoms with E-state index in [2.05, 4.69) is 0 Å². The third-order valence-corrected chi connectivity index (χ3v) is 4.53. The van der Waals surface area contributed by atoms with E-state index in [1.807, 2.05) is 0 Å². The number of benzene rings is 2. The molecule has 2 aromatic rings. The fourth-order valence-electron chi connectivity index (χ4n) is 2.75. The van der Waals surface area contributed by atoms with Crippen LogP contribution >= 0.6 is 11.6 Å². The lowest BCUT2D eigenvalue weighted by Crippen LogP contribution is -2.51. The quantitative estimate of drug-likeness (QED) is 0.358. The molecule has 0 spiro atoms. The minimum Gasteiger partial charge on any atom is -0.493 e. The second-order valence-electron chi connectivity index (χ2n) is 5.37. The molecule has 2 aromatic carbocycles. The first-order valence-electron chi connectivity index (χ1n) is 7.29. The van der Waals surface area contributed by atoms with Gasteiger partial charge in [-0.3, -0.25) is 14.9 Å². The summed E-state index contributed by atoms with van der Waals surface area (Å²) in [6.45, 7) is 0. The number of rotatable bonds is 4. The van der Waals surface area contributed by atoms with Gasteiger partial charge >= 0.3 is 5.00 Å². The SMILES string of the molecule is COc1ccc(C2Oc3ccccc3C(=O)C2(Cl)[N+](=O)[O-])cc1OC. The molecule has 0 N–H and O–H groups in total. The molecule has 0 amide bonds. The smallest absolute Gasteiger partial charge is 0.397 e. The van der Waals surface area contributed by atoms with Crippen molar-refractivity contribution in [3.8, 4) is 17.2 Å². The highest BCUT2D eigenvalue weighted by Gasteiger charge is 2.62. The van der Waals surface area contributed by atoms with Crippen LogP contribution in [0.1, 0.15) is 22.0 Å². The zero-order valence-electron chi connectivity index (χ0n) is 13.4. The molecule has 0 saturated carbocycles. The second-order valence-corrected chi connectivity index (χ2v) is 5.94. The molecule has 130 valence electrons. The zero-order chi connectivity index (χ0) is 18.2. The topological polar surface area (TPSA) is 87.9 Å². The van der Waals surface area contributed by atoms with Gasteiger partial charge in [-0.15, -0.1) is 0 Å². The lowest BCUT2D eigenvalue weighted by molar-refractivity contribution is -0.536. The number of methoxy groups -OCH3 is 2. The van der Waals surface area contributed by atoms with Crippen LogP contribution in [0.4, 0.5) is 0 Å². The van der Waals surface area contributed by atoms with Crippen molar-refractivity contribution in [1.29, 1.82) is 0 Å². The van der Waals surface area contributed by atoms with Crippen LogP contribution in [-0.4, -0.2) is 29.9 Å². The minimum absolute atomic E-state index is 0.0749. The standard InChI is InChI=1S/C17H14ClNO6/c1-23-13-8-7-10(9-14(13)24-2)16-17(18,19(21)22)15(20)11-5-3-4-6-12(11)25-16/h3-9,16H,1-2H3. The monoisotopic (exact) mass is 363 g/mol. The van der Waals surface area contributed by atoms with Crippen LogP contribution in [0.2, 0.25) is 0 Å². The Kier molecular flexibility index (Phi) is 4.26. The van der Waals surface area contributed by atoms with Crippen LogP contribution in [0, 0.1) is 10.1 Å². The Bertz CT molecular complexity index is 855. The third kappa shape index (κ3) is 2.56. The van der Waals surface area contributed by atoms with Gasteiger partial charge in [0.1, 0.15) is 5.75 Å². The van der Waals surface area contributed by atoms with Crippen molar-refractivity contribution < 1.29 is 23.9 Å². The fourth-order valence-corrected chi connectivity index (χ4v) is 3.03. The molecular formula is C17H14ClNO6. The number of nitro groups is 1. The van der Waals surface area contributed by atoms with E-state index < -0.39 is 21.8 Å². The maximum Gasteiger partial charge on any atom is 0.397 e. The van der Waals surface area contributed by atoms with Crippen LogP contribution < -0.4 is 14.2 Å². The number of ketones is 1. The number of Topliss-reactive ketones (excluding diaryl/α,β-unsaturated/α-hetero) is 1. The Balaban J connectivity index is 2.17. The van der Waals surface area contributed by atoms with E-state index in [9.17, 15) is 14.9 Å². The molecule has 2 atom stereocenters. The molecule has 1 aliphatic rings. The van der Waals surface area contributed by atoms with Crippen LogP contribution in [0.15, 0.2) is 42.5 Å². The molecule has 0 aromatic heterocycles. The lowest BCUT2D eigenvalue weighted by atomic mass is 9.91. The predicted octanol–water partition coefficient (Wildman–Crippen LogP) is 3.23. The Hall–Kier alpha value is -2.80. The summed E-state index contributed by atoms with van der Waals surface area (Å²) in [7, 11) is 2.91. The van der Waals surface area contributed by atoms with Gasteiger partial charge < -0.3 is 14.2 Å². The van der Waals surface area contributed by atoms with Crippen molar-refractivity contribution >= 4 is 17.4 Å². The Labute approximate surface area is 148 Å². The number of alkyl halides is 1. The van der Waals surface area contributed by atoms with E-state index in [0.29, 0.717) is 17.1 Å². The van der Waals surface area contributed by atoms with Gasteiger partial charge in [-0.05, 0) is 35.9 Å². The molecule has 0 bridgehead atoms. The number of nitrogens with zero attached hydrogens (tertiary/aromatic N) is 1. The van der Waals surface area contributed by atoms with E-state index in [1.54, 1.807) is 30.3 Å². The summed E-state index contributed by atoms with van der Waals surface area (Å²) in [5, 5.41) is 11.7. The van der Waals surface area contributed by atoms with E-state index in [0.717, 1.165) is 0 Å². The first-order valence-corrected chi connectivity index (χ1v) is 7.67. The maximum absolute atomic E-state index is 12.7. The summed E-state index contributed by atoms with van der Waals surface area (Å²) in [4.78, 5) is 21.1. The molecule has 0 saturated heterocycles. The zero-order valence-corrected chi connectivity index (χ0v) is 14.1. The molecule has 1 aliphatic heterocycles. The molecular weight excluding hydrogens is 350 g/mol. The van der Waals surface area contributed by atoms with Gasteiger partial charge in [0.05, 0.1) is 24.7 Å². The molecule has 0 aliphatic carbocycles. The van der Waals surface area contributed by atoms with Gasteiger partial charge in [-0.1, -0.05) is 18.2 Å². The molecule has 0 fully saturated rings. The largest absolute Gasteiger partial charge is 0.493 e. The number of fused-ring (bicyclic) bond motifs is 1. The number of carbonyl (C=O) groups excluding carboxylic acids is 1. The Morgan fingerprint density at radius 1 is 1.16 bits per heavy atom. The third-order valence-electron chi connectivity index (χ3n) is 4.02. The van der Waals surface area contributed by atoms with E-state index >= 15 is 0 Å². The summed E-state index contributed by atoms with van der Waals surface area (Å²) in [5.74, 6) is 0.207. The highest BCUT2D eigenvalue weighted by Crippen LogP contribution is 2.46. The lowest BCUT2D eigenvalue weighted by Gasteiger charge is -2.32. The molecule has 3 rings (SSSR count). The molecule has 7 nitrogen and oxygen atoms in total. The normalized spacial score (nSPS) is 21.9. The van der Waals surface area contributed by atoms with Crippen molar-refractivity contribution in [1.82, 2.24) is 0 Å². The van der Waals surface area contributed by atoms with Gasteiger partial charge in [0.25, 0.3) is 5.78 Å². The van der Waals surface area contributed by atoms with Gasteiger partial charge in [0.2, 0.25) is 6.10 Å². The van der Waals surface area contributed by atoms with Crippen LogP contribution in [-0.2, 0) is 0 Å². The number of hydrogen-bond donors (Lipinski definition) is 0. The summed E-state index contributed by atoms with van der Waals surface area (Å²) in [6, 6.07) is 10.9. The average Bonchev–Trinajstić information content (AvgIpc) is 2.63. The first kappa shape index (κ1) is 17.0. The number of ether oxygens (including phenoxy) is 3. The van der Waals surface area contributed by atoms with Crippen molar-refractivity contribution in [2.45, 2.75) is 11.1 Å². The second kappa shape index (κ2) is 6.25. The van der Waals surface area contributed by atoms with Crippen molar-refractivity contribution in [3.63, 3.8) is 0 Å². The van der Waals surface area contributed by atoms with Gasteiger partial charge in [0.15, 0.2) is 11.5 Å². The van der Waals surface area contributed by atoms with E-state index in [4.69, 9.17) is 25.8 Å². The van der Waals surface area contributed by atoms with Gasteiger partial charge in [0, 0.05) is 5.56 Å². The summed E-state index contributed by atoms with van der Waals surface area (Å²) < 4.78 is 16.1. The van der Waals surface area contributed by atoms with Crippen molar-refractivity contribution in [3.05, 3.63) is 63.7 Å². The number of halogens is 1. The molecule has 8 heteroatoms. The number of carbonyl (C=O) groups is 1. The average molecular weight is 364 g/mol. The summed E-state index contributed by atoms with van der Waals surface area (Å²) in [6.07, 6.45) is -1.33. The van der Waals surface area contributed by atoms with Crippen molar-refractivity contribution in [2.75, 3.05) is 14.2 Å². The maximum atomic E-state index is 12.7. The minimum atomic E-state index is -2.48. The van der Waals surface area contributed by atoms with Crippen molar-refractivity contribution in [2.24, 2.45) is 0 Å². The Morgan fingerprint density at radius 2 is 1.84 bits per heavy atom. The van der Waals surface area contributed by atoms with E-state index in [-0.39, 0.29) is 11.3 Å². The first-order chi connectivity index (χ1) is 11.9. The number of hydrogen-bond acceptors (Lipinski definition) is 6. The highest BCUT2D eigenvalue weighted by atomic mass is 35.5. The van der Waals surface area contributed by atoms with Crippen LogP contribution in [0.25, 0.3) is 0 Å². The summed E-state index contributed by atoms with van der Waals surface area (Å²) in [5.41, 5.74) is 0.401. The summed E-state index contributed by atoms with van der Waals surface area (Å²) >= 11 is 6.21. The molecule has 0 radical (unpaired) electrons. The van der Waals surface area contributed by atoms with Crippen LogP contribution in [0.3, 0.4) is 0 Å². The molecule has 1 heterocycles. The number of para-hydroxylation sites is 1. The molecule has 25 heavy (non-hydrogen) atoms. The molecule has 2 unspecified atom stereocenters. The van der Waals surface area contributed by atoms with Gasteiger partial charge in [-0.25, -0.2) is 0 Å².